The van der Waals surface area contributed by atoms with E-state index in [1.54, 1.807) is 34.9 Å². The number of benzene rings is 1. The molecule has 1 aromatic heterocycles. The van der Waals surface area contributed by atoms with Crippen molar-refractivity contribution in [1.29, 1.82) is 0 Å². The summed E-state index contributed by atoms with van der Waals surface area (Å²) in [6, 6.07) is 11.5. The van der Waals surface area contributed by atoms with Gasteiger partial charge in [-0.3, -0.25) is 9.59 Å². The van der Waals surface area contributed by atoms with E-state index in [-0.39, 0.29) is 11.5 Å². The summed E-state index contributed by atoms with van der Waals surface area (Å²) in [6.45, 7) is 3.81. The third-order valence-corrected chi connectivity index (χ3v) is 4.04. The average molecular weight is 343 g/mol. The summed E-state index contributed by atoms with van der Waals surface area (Å²) in [5, 5.41) is 2.86. The van der Waals surface area contributed by atoms with Crippen molar-refractivity contribution in [3.05, 3.63) is 64.1 Å². The maximum atomic E-state index is 12.7. The van der Waals surface area contributed by atoms with Crippen molar-refractivity contribution >= 4 is 28.8 Å². The molecule has 6 heteroatoms. The highest BCUT2D eigenvalue weighted by Gasteiger charge is 2.22. The van der Waals surface area contributed by atoms with E-state index < -0.39 is 6.04 Å². The highest BCUT2D eigenvalue weighted by atomic mass is 32.1. The van der Waals surface area contributed by atoms with Gasteiger partial charge in [0.05, 0.1) is 0 Å². The predicted molar refractivity (Wildman–Crippen MR) is 100 cm³/mol. The van der Waals surface area contributed by atoms with Gasteiger partial charge in [-0.15, -0.1) is 0 Å². The second-order valence-electron chi connectivity index (χ2n) is 5.61. The third kappa shape index (κ3) is 4.08. The second-order valence-corrected chi connectivity index (χ2v) is 6.05. The van der Waals surface area contributed by atoms with Crippen molar-refractivity contribution in [3.8, 4) is 0 Å². The molecule has 1 aromatic carbocycles. The Hall–Kier alpha value is -2.47. The minimum atomic E-state index is -0.543. The molecule has 1 amide bonds. The molecule has 2 aromatic rings. The van der Waals surface area contributed by atoms with E-state index >= 15 is 0 Å². The molecular formula is C18H21N3O2S. The molecule has 0 aliphatic heterocycles. The molecule has 0 spiro atoms. The average Bonchev–Trinajstić information content (AvgIpc) is 2.54. The normalized spacial score (nSPS) is 11.8. The fourth-order valence-corrected chi connectivity index (χ4v) is 2.73. The number of pyridine rings is 1. The molecular weight excluding hydrogens is 322 g/mol. The minimum Gasteiger partial charge on any atom is -0.389 e. The fourth-order valence-electron chi connectivity index (χ4n) is 2.60. The Bertz CT molecular complexity index is 797. The molecule has 1 atom stereocenters. The van der Waals surface area contributed by atoms with Crippen LogP contribution in [0, 0.1) is 6.92 Å². The maximum Gasteiger partial charge on any atom is 0.251 e. The quantitative estimate of drug-likeness (QED) is 0.791. The number of rotatable bonds is 6. The van der Waals surface area contributed by atoms with Gasteiger partial charge in [0.15, 0.2) is 0 Å². The van der Waals surface area contributed by atoms with Crippen molar-refractivity contribution in [3.63, 3.8) is 0 Å². The zero-order valence-corrected chi connectivity index (χ0v) is 14.6. The van der Waals surface area contributed by atoms with E-state index in [0.29, 0.717) is 17.1 Å². The van der Waals surface area contributed by atoms with E-state index in [2.05, 4.69) is 5.32 Å². The molecule has 5 nitrogen and oxygen atoms in total. The van der Waals surface area contributed by atoms with E-state index in [9.17, 15) is 9.59 Å². The largest absolute Gasteiger partial charge is 0.389 e. The number of nitrogens with zero attached hydrogens (tertiary/aromatic N) is 1. The molecule has 2 rings (SSSR count). The molecule has 126 valence electrons. The van der Waals surface area contributed by atoms with Crippen molar-refractivity contribution in [2.75, 3.05) is 5.32 Å². The van der Waals surface area contributed by atoms with Crippen LogP contribution in [0.5, 0.6) is 0 Å². The van der Waals surface area contributed by atoms with Crippen LogP contribution in [0.3, 0.4) is 0 Å². The highest BCUT2D eigenvalue weighted by molar-refractivity contribution is 7.80. The summed E-state index contributed by atoms with van der Waals surface area (Å²) in [7, 11) is 0. The Morgan fingerprint density at radius 2 is 1.92 bits per heavy atom. The van der Waals surface area contributed by atoms with Crippen LogP contribution in [-0.4, -0.2) is 15.5 Å². The number of aryl methyl sites for hydroxylation is 1. The van der Waals surface area contributed by atoms with Crippen LogP contribution in [0.25, 0.3) is 0 Å². The van der Waals surface area contributed by atoms with E-state index in [1.165, 1.54) is 6.07 Å². The van der Waals surface area contributed by atoms with Gasteiger partial charge in [-0.25, -0.2) is 0 Å². The van der Waals surface area contributed by atoms with Crippen molar-refractivity contribution in [2.45, 2.75) is 32.7 Å². The summed E-state index contributed by atoms with van der Waals surface area (Å²) >= 11 is 4.91. The van der Waals surface area contributed by atoms with Gasteiger partial charge in [-0.1, -0.05) is 31.6 Å². The number of carbonyl (C=O) groups excluding carboxylic acids is 1. The molecule has 0 aliphatic rings. The minimum absolute atomic E-state index is 0.174. The number of amides is 1. The van der Waals surface area contributed by atoms with Gasteiger partial charge in [0, 0.05) is 23.0 Å². The first kappa shape index (κ1) is 17.9. The lowest BCUT2D eigenvalue weighted by Crippen LogP contribution is -2.34. The van der Waals surface area contributed by atoms with Crippen molar-refractivity contribution in [1.82, 2.24) is 4.57 Å². The van der Waals surface area contributed by atoms with Crippen LogP contribution in [0.2, 0.25) is 0 Å². The number of carbonyl (C=O) groups is 1. The van der Waals surface area contributed by atoms with Gasteiger partial charge in [0.25, 0.3) is 5.56 Å². The fraction of sp³-hybridized carbons (Fsp3) is 0.278. The predicted octanol–water partition coefficient (Wildman–Crippen LogP) is 2.77. The lowest BCUT2D eigenvalue weighted by Gasteiger charge is -2.21. The van der Waals surface area contributed by atoms with Gasteiger partial charge in [-0.2, -0.15) is 0 Å². The number of anilines is 1. The zero-order chi connectivity index (χ0) is 17.7. The first-order valence-corrected chi connectivity index (χ1v) is 8.23. The van der Waals surface area contributed by atoms with E-state index in [1.807, 2.05) is 19.9 Å². The number of nitrogens with one attached hydrogen (secondary N) is 1. The van der Waals surface area contributed by atoms with Crippen LogP contribution in [0.15, 0.2) is 47.3 Å². The third-order valence-electron chi connectivity index (χ3n) is 3.81. The number of hydrogen-bond donors (Lipinski definition) is 2. The molecule has 3 N–H and O–H groups in total. The molecule has 24 heavy (non-hydrogen) atoms. The summed E-state index contributed by atoms with van der Waals surface area (Å²) in [5.74, 6) is -0.212. The maximum absolute atomic E-state index is 12.7. The molecule has 1 unspecified atom stereocenters. The van der Waals surface area contributed by atoms with E-state index in [4.69, 9.17) is 18.0 Å². The number of nitrogens with two attached hydrogens (primary N) is 1. The first-order valence-electron chi connectivity index (χ1n) is 7.83. The highest BCUT2D eigenvalue weighted by Crippen LogP contribution is 2.18. The molecule has 0 radical (unpaired) electrons. The van der Waals surface area contributed by atoms with Crippen LogP contribution < -0.4 is 16.6 Å². The van der Waals surface area contributed by atoms with Crippen LogP contribution in [0.1, 0.15) is 37.1 Å². The Balaban J connectivity index is 2.26. The first-order chi connectivity index (χ1) is 11.4. The molecule has 0 aliphatic carbocycles. The summed E-state index contributed by atoms with van der Waals surface area (Å²) in [4.78, 5) is 25.2. The van der Waals surface area contributed by atoms with Crippen molar-refractivity contribution < 1.29 is 4.79 Å². The van der Waals surface area contributed by atoms with Crippen LogP contribution in [-0.2, 0) is 4.79 Å². The molecule has 0 fully saturated rings. The van der Waals surface area contributed by atoms with Crippen LogP contribution >= 0.6 is 12.2 Å². The Kier molecular flexibility index (Phi) is 5.87. The summed E-state index contributed by atoms with van der Waals surface area (Å²) in [6.07, 6.45) is 1.38. The van der Waals surface area contributed by atoms with Crippen LogP contribution in [0.4, 0.5) is 5.69 Å². The Morgan fingerprint density at radius 3 is 2.46 bits per heavy atom. The SMILES string of the molecule is CCCC(C(=O)Nc1ccc(C(N)=S)cc1)n1c(C)cccc1=O. The number of thiocarbonyl (C=S) groups is 1. The second kappa shape index (κ2) is 7.88. The van der Waals surface area contributed by atoms with Gasteiger partial charge in [0.2, 0.25) is 5.91 Å². The molecule has 0 saturated carbocycles. The molecule has 0 saturated heterocycles. The topological polar surface area (TPSA) is 77.1 Å². The van der Waals surface area contributed by atoms with Gasteiger partial charge < -0.3 is 15.6 Å². The monoisotopic (exact) mass is 343 g/mol. The standard InChI is InChI=1S/C18H21N3O2S/c1-3-5-15(21-12(2)6-4-7-16(21)22)18(23)20-14-10-8-13(9-11-14)17(19)24/h4,6-11,15H,3,5H2,1-2H3,(H2,19,24)(H,20,23). The number of hydrogen-bond acceptors (Lipinski definition) is 3. The Labute approximate surface area is 146 Å². The number of aromatic nitrogens is 1. The van der Waals surface area contributed by atoms with Gasteiger partial charge >= 0.3 is 0 Å². The lowest BCUT2D eigenvalue weighted by molar-refractivity contribution is -0.119. The summed E-state index contributed by atoms with van der Waals surface area (Å²) in [5.41, 5.74) is 7.54. The zero-order valence-electron chi connectivity index (χ0n) is 13.8. The summed E-state index contributed by atoms with van der Waals surface area (Å²) < 4.78 is 1.54. The lowest BCUT2D eigenvalue weighted by atomic mass is 10.1. The van der Waals surface area contributed by atoms with E-state index in [0.717, 1.165) is 17.7 Å². The van der Waals surface area contributed by atoms with Crippen molar-refractivity contribution in [2.24, 2.45) is 5.73 Å². The molecule has 1 heterocycles. The van der Waals surface area contributed by atoms with Gasteiger partial charge in [0.1, 0.15) is 11.0 Å². The Morgan fingerprint density at radius 1 is 1.25 bits per heavy atom. The van der Waals surface area contributed by atoms with Gasteiger partial charge in [-0.05, 0) is 43.7 Å². The smallest absolute Gasteiger partial charge is 0.251 e. The molecule has 0 bridgehead atoms.